The van der Waals surface area contributed by atoms with Crippen LogP contribution >= 0.6 is 0 Å². The Morgan fingerprint density at radius 1 is 1.03 bits per heavy atom. The van der Waals surface area contributed by atoms with Gasteiger partial charge in [-0.1, -0.05) is 6.07 Å². The number of ether oxygens (including phenoxy) is 2. The van der Waals surface area contributed by atoms with Crippen molar-refractivity contribution in [1.29, 1.82) is 0 Å². The Kier molecular flexibility index (Phi) is 5.80. The summed E-state index contributed by atoms with van der Waals surface area (Å²) in [7, 11) is 0. The molecule has 0 spiro atoms. The number of hydrogen-bond donors (Lipinski definition) is 1. The van der Waals surface area contributed by atoms with Crippen LogP contribution in [0.1, 0.15) is 5.56 Å². The lowest BCUT2D eigenvalue weighted by atomic mass is 10.1. The fraction of sp³-hybridized carbons (Fsp3) is 0.273. The SMILES string of the molecule is O=[N+]([O-])c1c(Nc2ccc(F)cc2F)ncnc1N1CCN(Cc2ccc3c(c2)OCO3)CC1. The Balaban J connectivity index is 1.30. The zero-order valence-corrected chi connectivity index (χ0v) is 17.9. The van der Waals surface area contributed by atoms with Crippen molar-refractivity contribution in [2.75, 3.05) is 43.2 Å². The third-order valence-electron chi connectivity index (χ3n) is 5.68. The fourth-order valence-corrected chi connectivity index (χ4v) is 3.99. The number of nitrogens with one attached hydrogen (secondary N) is 1. The lowest BCUT2D eigenvalue weighted by molar-refractivity contribution is -0.383. The molecule has 1 aromatic heterocycles. The molecule has 0 amide bonds. The maximum Gasteiger partial charge on any atom is 0.353 e. The van der Waals surface area contributed by atoms with Crippen LogP contribution in [0.4, 0.5) is 31.8 Å². The van der Waals surface area contributed by atoms with Crippen LogP contribution in [0.25, 0.3) is 0 Å². The first-order chi connectivity index (χ1) is 16.5. The van der Waals surface area contributed by atoms with Gasteiger partial charge in [0.05, 0.1) is 10.6 Å². The topological polar surface area (TPSA) is 106 Å². The molecular formula is C22H20F2N6O4. The lowest BCUT2D eigenvalue weighted by Crippen LogP contribution is -2.46. The Bertz CT molecular complexity index is 1240. The molecule has 2 aliphatic rings. The number of rotatable bonds is 6. The highest BCUT2D eigenvalue weighted by Gasteiger charge is 2.30. The highest BCUT2D eigenvalue weighted by Crippen LogP contribution is 2.35. The fourth-order valence-electron chi connectivity index (χ4n) is 3.99. The molecule has 10 nitrogen and oxygen atoms in total. The quantitative estimate of drug-likeness (QED) is 0.428. The number of benzene rings is 2. The van der Waals surface area contributed by atoms with Gasteiger partial charge >= 0.3 is 5.69 Å². The average Bonchev–Trinajstić information content (AvgIpc) is 3.29. The molecule has 1 N–H and O–H groups in total. The Morgan fingerprint density at radius 3 is 2.59 bits per heavy atom. The largest absolute Gasteiger partial charge is 0.454 e. The summed E-state index contributed by atoms with van der Waals surface area (Å²) < 4.78 is 38.1. The first-order valence-electron chi connectivity index (χ1n) is 10.6. The normalized spacial score (nSPS) is 15.4. The number of nitro groups is 1. The zero-order chi connectivity index (χ0) is 23.7. The minimum absolute atomic E-state index is 0.123. The molecule has 0 unspecified atom stereocenters. The zero-order valence-electron chi connectivity index (χ0n) is 17.9. The van der Waals surface area contributed by atoms with Gasteiger partial charge in [-0.05, 0) is 29.8 Å². The summed E-state index contributed by atoms with van der Waals surface area (Å²) in [5.74, 6) is -0.192. The molecule has 176 valence electrons. The molecule has 3 aromatic rings. The van der Waals surface area contributed by atoms with Crippen molar-refractivity contribution in [2.24, 2.45) is 0 Å². The van der Waals surface area contributed by atoms with Crippen LogP contribution in [-0.4, -0.2) is 52.8 Å². The van der Waals surface area contributed by atoms with Gasteiger partial charge in [0.25, 0.3) is 0 Å². The van der Waals surface area contributed by atoms with Crippen LogP contribution in [0.2, 0.25) is 0 Å². The van der Waals surface area contributed by atoms with E-state index in [-0.39, 0.29) is 29.8 Å². The minimum atomic E-state index is -0.883. The number of fused-ring (bicyclic) bond motifs is 1. The van der Waals surface area contributed by atoms with Gasteiger partial charge in [0.15, 0.2) is 11.5 Å². The maximum absolute atomic E-state index is 14.1. The van der Waals surface area contributed by atoms with Gasteiger partial charge in [-0.2, -0.15) is 0 Å². The van der Waals surface area contributed by atoms with Crippen LogP contribution in [0.3, 0.4) is 0 Å². The molecule has 0 bridgehead atoms. The standard InChI is InChI=1S/C22H20F2N6O4/c23-15-2-3-17(16(24)10-15)27-21-20(30(31)32)22(26-12-25-21)29-7-5-28(6-8-29)11-14-1-4-18-19(9-14)34-13-33-18/h1-4,9-10,12H,5-8,11,13H2,(H,25,26,27). The van der Waals surface area contributed by atoms with Crippen molar-refractivity contribution in [3.63, 3.8) is 0 Å². The predicted octanol–water partition coefficient (Wildman–Crippen LogP) is 3.46. The average molecular weight is 470 g/mol. The molecule has 12 heteroatoms. The third-order valence-corrected chi connectivity index (χ3v) is 5.68. The predicted molar refractivity (Wildman–Crippen MR) is 118 cm³/mol. The molecule has 1 saturated heterocycles. The smallest absolute Gasteiger partial charge is 0.353 e. The van der Waals surface area contributed by atoms with Crippen molar-refractivity contribution in [1.82, 2.24) is 14.9 Å². The van der Waals surface area contributed by atoms with Crippen molar-refractivity contribution in [2.45, 2.75) is 6.54 Å². The summed E-state index contributed by atoms with van der Waals surface area (Å²) in [5, 5.41) is 14.5. The van der Waals surface area contributed by atoms with E-state index in [1.807, 2.05) is 23.1 Å². The number of hydrogen-bond acceptors (Lipinski definition) is 9. The Hall–Kier alpha value is -4.06. The van der Waals surface area contributed by atoms with Crippen molar-refractivity contribution >= 4 is 23.0 Å². The van der Waals surface area contributed by atoms with Gasteiger partial charge in [0.1, 0.15) is 18.0 Å². The summed E-state index contributed by atoms with van der Waals surface area (Å²) in [6.07, 6.45) is 1.19. The second-order valence-corrected chi connectivity index (χ2v) is 7.85. The molecule has 0 aliphatic carbocycles. The molecule has 3 heterocycles. The first-order valence-corrected chi connectivity index (χ1v) is 10.6. The number of aromatic nitrogens is 2. The molecule has 2 aliphatic heterocycles. The van der Waals surface area contributed by atoms with Crippen LogP contribution in [-0.2, 0) is 6.54 Å². The van der Waals surface area contributed by atoms with E-state index < -0.39 is 16.6 Å². The van der Waals surface area contributed by atoms with Crippen LogP contribution in [0, 0.1) is 21.7 Å². The molecular weight excluding hydrogens is 450 g/mol. The highest BCUT2D eigenvalue weighted by molar-refractivity contribution is 5.74. The van der Waals surface area contributed by atoms with E-state index in [4.69, 9.17) is 9.47 Å². The van der Waals surface area contributed by atoms with Gasteiger partial charge in [0.2, 0.25) is 18.4 Å². The van der Waals surface area contributed by atoms with Gasteiger partial charge in [-0.3, -0.25) is 15.0 Å². The van der Waals surface area contributed by atoms with E-state index in [2.05, 4.69) is 20.2 Å². The van der Waals surface area contributed by atoms with Crippen LogP contribution < -0.4 is 19.7 Å². The van der Waals surface area contributed by atoms with E-state index >= 15 is 0 Å². The third kappa shape index (κ3) is 4.39. The maximum atomic E-state index is 14.1. The highest BCUT2D eigenvalue weighted by atomic mass is 19.1. The van der Waals surface area contributed by atoms with Crippen molar-refractivity contribution in [3.05, 3.63) is 70.0 Å². The van der Waals surface area contributed by atoms with E-state index in [1.165, 1.54) is 6.33 Å². The number of halogens is 2. The number of nitrogens with zero attached hydrogens (tertiary/aromatic N) is 5. The molecule has 2 aromatic carbocycles. The van der Waals surface area contributed by atoms with Gasteiger partial charge in [-0.25, -0.2) is 18.7 Å². The van der Waals surface area contributed by atoms with Crippen LogP contribution in [0.15, 0.2) is 42.7 Å². The Morgan fingerprint density at radius 2 is 1.82 bits per heavy atom. The van der Waals surface area contributed by atoms with E-state index in [0.717, 1.165) is 29.2 Å². The van der Waals surface area contributed by atoms with Crippen molar-refractivity contribution < 1.29 is 23.2 Å². The summed E-state index contributed by atoms with van der Waals surface area (Å²) in [6, 6.07) is 8.73. The van der Waals surface area contributed by atoms with Crippen molar-refractivity contribution in [3.8, 4) is 11.5 Å². The summed E-state index contributed by atoms with van der Waals surface area (Å²) in [5.41, 5.74) is 0.594. The summed E-state index contributed by atoms with van der Waals surface area (Å²) in [4.78, 5) is 23.4. The monoisotopic (exact) mass is 470 g/mol. The van der Waals surface area contributed by atoms with Crippen LogP contribution in [0.5, 0.6) is 11.5 Å². The minimum Gasteiger partial charge on any atom is -0.454 e. The molecule has 1 fully saturated rings. The van der Waals surface area contributed by atoms with Gasteiger partial charge in [0, 0.05) is 38.8 Å². The number of anilines is 3. The first kappa shape index (κ1) is 21.8. The number of piperazine rings is 1. The van der Waals surface area contributed by atoms with E-state index in [9.17, 15) is 18.9 Å². The molecule has 0 atom stereocenters. The summed E-state index contributed by atoms with van der Waals surface area (Å²) >= 11 is 0. The van der Waals surface area contributed by atoms with Gasteiger partial charge in [-0.15, -0.1) is 0 Å². The lowest BCUT2D eigenvalue weighted by Gasteiger charge is -2.35. The van der Waals surface area contributed by atoms with E-state index in [1.54, 1.807) is 0 Å². The van der Waals surface area contributed by atoms with Gasteiger partial charge < -0.3 is 19.7 Å². The molecule has 5 rings (SSSR count). The molecule has 0 saturated carbocycles. The molecule has 34 heavy (non-hydrogen) atoms. The summed E-state index contributed by atoms with van der Waals surface area (Å²) in [6.45, 7) is 3.25. The Labute approximate surface area is 192 Å². The second-order valence-electron chi connectivity index (χ2n) is 7.85. The van der Waals surface area contributed by atoms with E-state index in [0.29, 0.717) is 38.8 Å². The second kappa shape index (κ2) is 9.06. The molecule has 0 radical (unpaired) electrons.